The second-order valence-electron chi connectivity index (χ2n) is 8.89. The zero-order valence-electron chi connectivity index (χ0n) is 20.3. The summed E-state index contributed by atoms with van der Waals surface area (Å²) in [5, 5.41) is 17.3. The number of aliphatic hydroxyl groups is 1. The third-order valence-electron chi connectivity index (χ3n) is 6.18. The normalized spacial score (nSPS) is 14.0. The van der Waals surface area contributed by atoms with Crippen LogP contribution in [-0.4, -0.2) is 44.9 Å². The molecule has 35 heavy (non-hydrogen) atoms. The van der Waals surface area contributed by atoms with E-state index in [9.17, 15) is 14.1 Å². The van der Waals surface area contributed by atoms with Crippen molar-refractivity contribution < 1.29 is 18.8 Å². The number of benzene rings is 2. The number of carbonyl (C=O) groups is 1. The molecule has 186 valence electrons. The van der Waals surface area contributed by atoms with Crippen molar-refractivity contribution >= 4 is 33.3 Å². The standard InChI is InChI=1S/C27H33N3O4S/c1-3-11-35(33)12-10-19-13-23-25(14-20(19)17-31)28-16-24(27(32)30-21-6-7-21)26(23)29-15-18-4-8-22(34-2)9-5-18/h4-5,8-9,13-14,16,21,31H,3,6-7,10-12,15,17H2,1-2H3,(H,28,29)(H,30,32). The average Bonchev–Trinajstić information content (AvgIpc) is 3.69. The molecule has 3 aromatic rings. The zero-order valence-corrected chi connectivity index (χ0v) is 21.1. The molecule has 7 nitrogen and oxygen atoms in total. The minimum atomic E-state index is -0.900. The minimum Gasteiger partial charge on any atom is -0.497 e. The van der Waals surface area contributed by atoms with Gasteiger partial charge in [0, 0.05) is 46.5 Å². The molecule has 0 radical (unpaired) electrons. The number of carbonyl (C=O) groups excluding carboxylic acids is 1. The van der Waals surface area contributed by atoms with E-state index in [4.69, 9.17) is 4.74 Å². The summed E-state index contributed by atoms with van der Waals surface area (Å²) in [7, 11) is 0.736. The number of methoxy groups -OCH3 is 1. The highest BCUT2D eigenvalue weighted by Crippen LogP contribution is 2.31. The Bertz CT molecular complexity index is 1210. The van der Waals surface area contributed by atoms with E-state index in [0.717, 1.165) is 47.1 Å². The van der Waals surface area contributed by atoms with Gasteiger partial charge in [0.15, 0.2) is 0 Å². The molecule has 0 saturated heterocycles. The van der Waals surface area contributed by atoms with E-state index in [1.165, 1.54) is 0 Å². The predicted molar refractivity (Wildman–Crippen MR) is 140 cm³/mol. The lowest BCUT2D eigenvalue weighted by Gasteiger charge is -2.17. The number of fused-ring (bicyclic) bond motifs is 1. The van der Waals surface area contributed by atoms with Crippen molar-refractivity contribution in [2.24, 2.45) is 0 Å². The van der Waals surface area contributed by atoms with Crippen LogP contribution in [0.4, 0.5) is 5.69 Å². The fraction of sp³-hybridized carbons (Fsp3) is 0.407. The number of rotatable bonds is 12. The van der Waals surface area contributed by atoms with Gasteiger partial charge in [-0.25, -0.2) is 0 Å². The third-order valence-corrected chi connectivity index (χ3v) is 7.70. The van der Waals surface area contributed by atoms with Crippen molar-refractivity contribution in [2.45, 2.75) is 51.8 Å². The molecule has 1 saturated carbocycles. The summed E-state index contributed by atoms with van der Waals surface area (Å²) in [6.07, 6.45) is 5.07. The molecule has 0 spiro atoms. The smallest absolute Gasteiger partial charge is 0.255 e. The van der Waals surface area contributed by atoms with Crippen LogP contribution in [0, 0.1) is 0 Å². The Balaban J connectivity index is 1.70. The molecule has 0 bridgehead atoms. The van der Waals surface area contributed by atoms with Crippen LogP contribution in [0.25, 0.3) is 10.9 Å². The van der Waals surface area contributed by atoms with Gasteiger partial charge < -0.3 is 20.5 Å². The second kappa shape index (κ2) is 11.6. The summed E-state index contributed by atoms with van der Waals surface area (Å²) in [5.41, 5.74) is 4.66. The van der Waals surface area contributed by atoms with Crippen LogP contribution in [-0.2, 0) is 30.4 Å². The summed E-state index contributed by atoms with van der Waals surface area (Å²) in [6.45, 7) is 2.42. The Kier molecular flexibility index (Phi) is 8.36. The highest BCUT2D eigenvalue weighted by Gasteiger charge is 2.26. The molecule has 8 heteroatoms. The third kappa shape index (κ3) is 6.38. The Hall–Kier alpha value is -2.97. The number of aromatic nitrogens is 1. The van der Waals surface area contributed by atoms with Crippen LogP contribution >= 0.6 is 0 Å². The van der Waals surface area contributed by atoms with Gasteiger partial charge in [-0.3, -0.25) is 14.0 Å². The van der Waals surface area contributed by atoms with E-state index in [2.05, 4.69) is 15.6 Å². The maximum atomic E-state index is 13.1. The number of nitrogens with one attached hydrogen (secondary N) is 2. The Morgan fingerprint density at radius 3 is 2.60 bits per heavy atom. The van der Waals surface area contributed by atoms with Gasteiger partial charge >= 0.3 is 0 Å². The molecule has 1 heterocycles. The number of pyridine rings is 1. The maximum absolute atomic E-state index is 13.1. The number of anilines is 1. The fourth-order valence-electron chi connectivity index (χ4n) is 4.05. The van der Waals surface area contributed by atoms with Gasteiger partial charge in [-0.15, -0.1) is 0 Å². The topological polar surface area (TPSA) is 101 Å². The lowest BCUT2D eigenvalue weighted by molar-refractivity contribution is 0.0951. The molecule has 1 aromatic heterocycles. The number of hydrogen-bond acceptors (Lipinski definition) is 6. The molecular weight excluding hydrogens is 462 g/mol. The van der Waals surface area contributed by atoms with Gasteiger partial charge in [-0.1, -0.05) is 19.1 Å². The molecule has 4 rings (SSSR count). The monoisotopic (exact) mass is 495 g/mol. The van der Waals surface area contributed by atoms with Gasteiger partial charge in [-0.2, -0.15) is 0 Å². The van der Waals surface area contributed by atoms with Crippen LogP contribution in [0.3, 0.4) is 0 Å². The number of amides is 1. The Morgan fingerprint density at radius 2 is 1.94 bits per heavy atom. The zero-order chi connectivity index (χ0) is 24.8. The lowest BCUT2D eigenvalue weighted by atomic mass is 9.99. The highest BCUT2D eigenvalue weighted by atomic mass is 32.2. The fourth-order valence-corrected chi connectivity index (χ4v) is 5.15. The first-order valence-electron chi connectivity index (χ1n) is 12.1. The van der Waals surface area contributed by atoms with Gasteiger partial charge in [0.25, 0.3) is 5.91 Å². The van der Waals surface area contributed by atoms with Crippen molar-refractivity contribution in [3.05, 3.63) is 64.8 Å². The Morgan fingerprint density at radius 1 is 1.17 bits per heavy atom. The van der Waals surface area contributed by atoms with Crippen molar-refractivity contribution in [2.75, 3.05) is 23.9 Å². The van der Waals surface area contributed by atoms with E-state index in [0.29, 0.717) is 41.2 Å². The van der Waals surface area contributed by atoms with Gasteiger partial charge in [-0.05, 0) is 66.6 Å². The molecular formula is C27H33N3O4S. The molecule has 2 aromatic carbocycles. The number of ether oxygens (including phenoxy) is 1. The minimum absolute atomic E-state index is 0.119. The maximum Gasteiger partial charge on any atom is 0.255 e. The number of nitrogens with zero attached hydrogens (tertiary/aromatic N) is 1. The van der Waals surface area contributed by atoms with Crippen LogP contribution in [0.15, 0.2) is 42.6 Å². The lowest BCUT2D eigenvalue weighted by Crippen LogP contribution is -2.26. The SMILES string of the molecule is CCCS(=O)CCc1cc2c(NCc3ccc(OC)cc3)c(C(=O)NC3CC3)cnc2cc1CO. The number of hydrogen-bond donors (Lipinski definition) is 3. The first kappa shape index (κ1) is 25.1. The summed E-state index contributed by atoms with van der Waals surface area (Å²) < 4.78 is 17.5. The van der Waals surface area contributed by atoms with Crippen molar-refractivity contribution in [1.29, 1.82) is 0 Å². The second-order valence-corrected chi connectivity index (χ2v) is 10.6. The summed E-state index contributed by atoms with van der Waals surface area (Å²) in [4.78, 5) is 17.6. The first-order chi connectivity index (χ1) is 17.0. The largest absolute Gasteiger partial charge is 0.497 e. The Labute approximate surface area is 208 Å². The van der Waals surface area contributed by atoms with E-state index in [1.54, 1.807) is 13.3 Å². The van der Waals surface area contributed by atoms with E-state index in [1.807, 2.05) is 43.3 Å². The molecule has 0 aliphatic heterocycles. The summed E-state index contributed by atoms with van der Waals surface area (Å²) in [5.74, 6) is 1.85. The highest BCUT2D eigenvalue weighted by molar-refractivity contribution is 7.84. The number of aliphatic hydroxyl groups excluding tert-OH is 1. The van der Waals surface area contributed by atoms with Crippen molar-refractivity contribution in [3.8, 4) is 5.75 Å². The van der Waals surface area contributed by atoms with E-state index in [-0.39, 0.29) is 18.6 Å². The quantitative estimate of drug-likeness (QED) is 0.352. The van der Waals surface area contributed by atoms with Crippen LogP contribution < -0.4 is 15.4 Å². The molecule has 1 atom stereocenters. The molecule has 3 N–H and O–H groups in total. The van der Waals surface area contributed by atoms with Crippen LogP contribution in [0.5, 0.6) is 5.75 Å². The van der Waals surface area contributed by atoms with E-state index < -0.39 is 10.8 Å². The van der Waals surface area contributed by atoms with Gasteiger partial charge in [0.1, 0.15) is 5.75 Å². The molecule has 1 aliphatic carbocycles. The predicted octanol–water partition coefficient (Wildman–Crippen LogP) is 3.94. The van der Waals surface area contributed by atoms with E-state index >= 15 is 0 Å². The molecule has 1 aliphatic rings. The van der Waals surface area contributed by atoms with Crippen LogP contribution in [0.2, 0.25) is 0 Å². The molecule has 1 unspecified atom stereocenters. The van der Waals surface area contributed by atoms with Crippen molar-refractivity contribution in [1.82, 2.24) is 10.3 Å². The van der Waals surface area contributed by atoms with Gasteiger partial charge in [0.05, 0.1) is 30.5 Å². The number of aryl methyl sites for hydroxylation is 1. The first-order valence-corrected chi connectivity index (χ1v) is 13.6. The molecule has 1 amide bonds. The van der Waals surface area contributed by atoms with Crippen molar-refractivity contribution in [3.63, 3.8) is 0 Å². The summed E-state index contributed by atoms with van der Waals surface area (Å²) >= 11 is 0. The van der Waals surface area contributed by atoms with Gasteiger partial charge in [0.2, 0.25) is 0 Å². The summed E-state index contributed by atoms with van der Waals surface area (Å²) in [6, 6.07) is 11.9. The van der Waals surface area contributed by atoms with Crippen LogP contribution in [0.1, 0.15) is 53.2 Å². The average molecular weight is 496 g/mol. The molecule has 1 fully saturated rings.